The predicted molar refractivity (Wildman–Crippen MR) is 154 cm³/mol. The summed E-state index contributed by atoms with van der Waals surface area (Å²) in [5, 5.41) is 12.3. The lowest BCUT2D eigenvalue weighted by atomic mass is 9.47. The van der Waals surface area contributed by atoms with Crippen LogP contribution in [0.15, 0.2) is 59.4 Å². The second-order valence-electron chi connectivity index (χ2n) is 12.5. The van der Waals surface area contributed by atoms with Crippen molar-refractivity contribution in [1.29, 1.82) is 0 Å². The zero-order valence-electron chi connectivity index (χ0n) is 25.4. The van der Waals surface area contributed by atoms with E-state index >= 15 is 0 Å². The number of hydrogen-bond acceptors (Lipinski definition) is 11. The third-order valence-electron chi connectivity index (χ3n) is 9.37. The lowest BCUT2D eigenvalue weighted by Gasteiger charge is -2.64. The molecule has 2 bridgehead atoms. The van der Waals surface area contributed by atoms with Gasteiger partial charge in [-0.05, 0) is 57.7 Å². The number of fused-ring (bicyclic) bond motifs is 1. The van der Waals surface area contributed by atoms with E-state index in [0.29, 0.717) is 0 Å². The Hall–Kier alpha value is -3.96. The third kappa shape index (κ3) is 5.21. The fourth-order valence-electron chi connectivity index (χ4n) is 7.53. The van der Waals surface area contributed by atoms with E-state index in [4.69, 9.17) is 28.1 Å². The first kappa shape index (κ1) is 31.5. The van der Waals surface area contributed by atoms with Gasteiger partial charge in [-0.2, -0.15) is 0 Å². The molecule has 11 nitrogen and oxygen atoms in total. The van der Waals surface area contributed by atoms with E-state index in [2.05, 4.69) is 0 Å². The molecule has 11 heteroatoms. The second-order valence-corrected chi connectivity index (χ2v) is 12.5. The standard InChI is InChI=1S/C33H38O11/c1-20(34)40-19-32-25(41-21(2)35)13-15-31(5,38)33(32)28(43-29(37)23-14-16-39-18-23)24(30(3,4)44-33)17-26(32)42-27(36)12-11-22-9-7-6-8-10-22/h6-12,14,16,18,24-26,28,38H,13,15,17,19H2,1-5H3/t24-,25+,26+,28-,31+,32+,33+/m0/s1. The molecule has 0 amide bonds. The highest BCUT2D eigenvalue weighted by Gasteiger charge is 2.84. The zero-order chi connectivity index (χ0) is 31.9. The van der Waals surface area contributed by atoms with Gasteiger partial charge in [0.15, 0.2) is 5.60 Å². The Morgan fingerprint density at radius 2 is 1.70 bits per heavy atom. The van der Waals surface area contributed by atoms with Gasteiger partial charge in [-0.1, -0.05) is 30.3 Å². The van der Waals surface area contributed by atoms with Crippen LogP contribution in [0.1, 0.15) is 69.8 Å². The molecule has 0 unspecified atom stereocenters. The Balaban J connectivity index is 1.67. The molecule has 1 saturated heterocycles. The van der Waals surface area contributed by atoms with Crippen LogP contribution in [0, 0.1) is 11.3 Å². The predicted octanol–water partition coefficient (Wildman–Crippen LogP) is 4.02. The molecule has 1 N–H and O–H groups in total. The number of hydrogen-bond donors (Lipinski definition) is 1. The van der Waals surface area contributed by atoms with Gasteiger partial charge in [0.1, 0.15) is 36.6 Å². The molecule has 1 spiro atoms. The van der Waals surface area contributed by atoms with Crippen molar-refractivity contribution in [1.82, 2.24) is 0 Å². The fourth-order valence-corrected chi connectivity index (χ4v) is 7.53. The molecule has 236 valence electrons. The molecule has 3 fully saturated rings. The van der Waals surface area contributed by atoms with Crippen molar-refractivity contribution < 1.29 is 52.4 Å². The molecular formula is C33H38O11. The highest BCUT2D eigenvalue weighted by atomic mass is 16.6. The number of benzene rings is 1. The van der Waals surface area contributed by atoms with E-state index in [1.807, 2.05) is 30.3 Å². The summed E-state index contributed by atoms with van der Waals surface area (Å²) in [6, 6.07) is 10.6. The topological polar surface area (TPSA) is 148 Å². The maximum atomic E-state index is 13.4. The summed E-state index contributed by atoms with van der Waals surface area (Å²) in [6.45, 7) is 7.15. The molecule has 2 aromatic rings. The summed E-state index contributed by atoms with van der Waals surface area (Å²) in [6.07, 6.45) is 2.46. The first-order valence-corrected chi connectivity index (χ1v) is 14.6. The molecule has 1 aromatic heterocycles. The van der Waals surface area contributed by atoms with Crippen LogP contribution in [0.3, 0.4) is 0 Å². The van der Waals surface area contributed by atoms with Crippen LogP contribution in [0.2, 0.25) is 0 Å². The molecule has 5 rings (SSSR count). The minimum Gasteiger partial charge on any atom is -0.472 e. The van der Waals surface area contributed by atoms with Gasteiger partial charge < -0.3 is 33.2 Å². The molecule has 1 aromatic carbocycles. The van der Waals surface area contributed by atoms with E-state index in [-0.39, 0.29) is 24.8 Å². The van der Waals surface area contributed by atoms with E-state index in [9.17, 15) is 24.3 Å². The molecule has 44 heavy (non-hydrogen) atoms. The van der Waals surface area contributed by atoms with Gasteiger partial charge in [0, 0.05) is 25.8 Å². The number of aliphatic hydroxyl groups is 1. The van der Waals surface area contributed by atoms with Crippen molar-refractivity contribution in [2.45, 2.75) is 89.0 Å². The number of ether oxygens (including phenoxy) is 5. The number of esters is 4. The summed E-state index contributed by atoms with van der Waals surface area (Å²) in [5.74, 6) is -3.30. The maximum Gasteiger partial charge on any atom is 0.341 e. The van der Waals surface area contributed by atoms with Gasteiger partial charge in [0.2, 0.25) is 0 Å². The van der Waals surface area contributed by atoms with E-state index in [1.165, 1.54) is 38.5 Å². The number of furan rings is 1. The van der Waals surface area contributed by atoms with Crippen LogP contribution in [-0.4, -0.2) is 70.7 Å². The lowest BCUT2D eigenvalue weighted by Crippen LogP contribution is -2.81. The number of carbonyl (C=O) groups excluding carboxylic acids is 4. The Bertz CT molecular complexity index is 1430. The van der Waals surface area contributed by atoms with Gasteiger partial charge in [-0.25, -0.2) is 9.59 Å². The molecule has 2 saturated carbocycles. The van der Waals surface area contributed by atoms with Crippen LogP contribution in [0.4, 0.5) is 0 Å². The highest BCUT2D eigenvalue weighted by molar-refractivity contribution is 5.89. The summed E-state index contributed by atoms with van der Waals surface area (Å²) < 4.78 is 35.8. The van der Waals surface area contributed by atoms with Crippen LogP contribution in [-0.2, 0) is 38.1 Å². The monoisotopic (exact) mass is 610 g/mol. The van der Waals surface area contributed by atoms with Crippen molar-refractivity contribution in [2.75, 3.05) is 6.61 Å². The van der Waals surface area contributed by atoms with E-state index in [0.717, 1.165) is 5.56 Å². The van der Waals surface area contributed by atoms with Crippen molar-refractivity contribution >= 4 is 30.0 Å². The lowest BCUT2D eigenvalue weighted by molar-refractivity contribution is -0.340. The highest BCUT2D eigenvalue weighted by Crippen LogP contribution is 2.69. The Morgan fingerprint density at radius 3 is 2.34 bits per heavy atom. The second kappa shape index (κ2) is 11.5. The van der Waals surface area contributed by atoms with Crippen molar-refractivity contribution in [3.05, 3.63) is 66.1 Å². The van der Waals surface area contributed by atoms with E-state index < -0.39 is 76.9 Å². The van der Waals surface area contributed by atoms with Crippen molar-refractivity contribution in [3.8, 4) is 0 Å². The summed E-state index contributed by atoms with van der Waals surface area (Å²) >= 11 is 0. The van der Waals surface area contributed by atoms with Crippen molar-refractivity contribution in [2.24, 2.45) is 11.3 Å². The molecule has 0 radical (unpaired) electrons. The third-order valence-corrected chi connectivity index (χ3v) is 9.37. The normalized spacial score (nSPS) is 33.7. The average molecular weight is 611 g/mol. The van der Waals surface area contributed by atoms with Crippen LogP contribution >= 0.6 is 0 Å². The molecule has 2 aliphatic carbocycles. The van der Waals surface area contributed by atoms with Crippen LogP contribution in [0.25, 0.3) is 6.08 Å². The first-order chi connectivity index (χ1) is 20.7. The average Bonchev–Trinajstić information content (AvgIpc) is 3.55. The molecule has 2 heterocycles. The zero-order valence-corrected chi connectivity index (χ0v) is 25.4. The smallest absolute Gasteiger partial charge is 0.341 e. The van der Waals surface area contributed by atoms with E-state index in [1.54, 1.807) is 26.8 Å². The van der Waals surface area contributed by atoms with Crippen molar-refractivity contribution in [3.63, 3.8) is 0 Å². The summed E-state index contributed by atoms with van der Waals surface area (Å²) in [4.78, 5) is 51.7. The summed E-state index contributed by atoms with van der Waals surface area (Å²) in [5.41, 5.74) is -5.39. The molecular weight excluding hydrogens is 572 g/mol. The minimum absolute atomic E-state index is 0.0733. The molecule has 1 aliphatic heterocycles. The Kier molecular flexibility index (Phi) is 8.24. The number of rotatable bonds is 8. The van der Waals surface area contributed by atoms with Gasteiger partial charge in [0.25, 0.3) is 0 Å². The van der Waals surface area contributed by atoms with Gasteiger partial charge in [-0.3, -0.25) is 9.59 Å². The van der Waals surface area contributed by atoms with Gasteiger partial charge in [-0.15, -0.1) is 0 Å². The SMILES string of the molecule is CC(=O)OC[C@]12[C@H](OC(C)=O)CC[C@@](C)(O)[C@@]13OC(C)(C)[C@@H](C[C@H]2OC(=O)C=Cc1ccccc1)[C@@H]3OC(=O)c1ccoc1. The van der Waals surface area contributed by atoms with Gasteiger partial charge >= 0.3 is 23.9 Å². The van der Waals surface area contributed by atoms with Gasteiger partial charge in [0.05, 0.1) is 23.0 Å². The maximum absolute atomic E-state index is 13.4. The van der Waals surface area contributed by atoms with Crippen LogP contribution in [0.5, 0.6) is 0 Å². The summed E-state index contributed by atoms with van der Waals surface area (Å²) in [7, 11) is 0. The number of carbonyl (C=O) groups is 4. The molecule has 3 aliphatic rings. The molecule has 7 atom stereocenters. The quantitative estimate of drug-likeness (QED) is 0.262. The fraction of sp³-hybridized carbons (Fsp3) is 0.515. The first-order valence-electron chi connectivity index (χ1n) is 14.6. The largest absolute Gasteiger partial charge is 0.472 e. The minimum atomic E-state index is -1.85. The Labute approximate surface area is 255 Å². The Morgan fingerprint density at radius 1 is 0.977 bits per heavy atom. The van der Waals surface area contributed by atoms with Crippen LogP contribution < -0.4 is 0 Å².